The van der Waals surface area contributed by atoms with E-state index in [1.54, 1.807) is 0 Å². The molecule has 17 heavy (non-hydrogen) atoms. The van der Waals surface area contributed by atoms with Gasteiger partial charge in [0.05, 0.1) is 5.41 Å². The first-order chi connectivity index (χ1) is 8.10. The van der Waals surface area contributed by atoms with E-state index >= 15 is 0 Å². The fourth-order valence-corrected chi connectivity index (χ4v) is 3.17. The first-order valence-electron chi connectivity index (χ1n) is 7.34. The van der Waals surface area contributed by atoms with Crippen LogP contribution in [0.4, 0.5) is 0 Å². The maximum absolute atomic E-state index is 11.4. The van der Waals surface area contributed by atoms with Gasteiger partial charge in [0.2, 0.25) is 0 Å². The SMILES string of the molecule is CCCCCCCCC1(C(=O)O)CCC(C)C1. The third-order valence-corrected chi connectivity index (χ3v) is 4.32. The molecule has 0 bridgehead atoms. The Kier molecular flexibility index (Phi) is 6.01. The first kappa shape index (κ1) is 14.5. The van der Waals surface area contributed by atoms with Crippen molar-refractivity contribution in [3.05, 3.63) is 0 Å². The summed E-state index contributed by atoms with van der Waals surface area (Å²) >= 11 is 0. The molecule has 1 rings (SSSR count). The zero-order valence-electron chi connectivity index (χ0n) is 11.5. The summed E-state index contributed by atoms with van der Waals surface area (Å²) in [6, 6.07) is 0. The summed E-state index contributed by atoms with van der Waals surface area (Å²) in [6.07, 6.45) is 11.3. The summed E-state index contributed by atoms with van der Waals surface area (Å²) in [6.45, 7) is 4.41. The monoisotopic (exact) mass is 240 g/mol. The minimum Gasteiger partial charge on any atom is -0.481 e. The number of hydrogen-bond donors (Lipinski definition) is 1. The Labute approximate surface area is 106 Å². The van der Waals surface area contributed by atoms with Crippen LogP contribution in [0.25, 0.3) is 0 Å². The van der Waals surface area contributed by atoms with Crippen LogP contribution in [-0.2, 0) is 4.79 Å². The van der Waals surface area contributed by atoms with E-state index in [4.69, 9.17) is 0 Å². The molecule has 1 saturated carbocycles. The number of rotatable bonds is 8. The van der Waals surface area contributed by atoms with Gasteiger partial charge in [0.25, 0.3) is 0 Å². The second kappa shape index (κ2) is 7.03. The molecule has 0 heterocycles. The van der Waals surface area contributed by atoms with E-state index in [-0.39, 0.29) is 5.41 Å². The highest BCUT2D eigenvalue weighted by Crippen LogP contribution is 2.45. The fraction of sp³-hybridized carbons (Fsp3) is 0.933. The molecule has 1 aliphatic rings. The van der Waals surface area contributed by atoms with Crippen molar-refractivity contribution >= 4 is 5.97 Å². The van der Waals surface area contributed by atoms with Gasteiger partial charge in [-0.3, -0.25) is 4.79 Å². The van der Waals surface area contributed by atoms with Crippen LogP contribution in [0.15, 0.2) is 0 Å². The third kappa shape index (κ3) is 4.33. The van der Waals surface area contributed by atoms with Gasteiger partial charge in [0.15, 0.2) is 0 Å². The van der Waals surface area contributed by atoms with Crippen LogP contribution in [0.3, 0.4) is 0 Å². The number of hydrogen-bond acceptors (Lipinski definition) is 1. The zero-order chi connectivity index (χ0) is 12.7. The lowest BCUT2D eigenvalue weighted by molar-refractivity contribution is -0.149. The van der Waals surface area contributed by atoms with Gasteiger partial charge in [-0.1, -0.05) is 52.4 Å². The average molecular weight is 240 g/mol. The normalized spacial score (nSPS) is 28.5. The maximum Gasteiger partial charge on any atom is 0.309 e. The van der Waals surface area contributed by atoms with Crippen molar-refractivity contribution < 1.29 is 9.90 Å². The lowest BCUT2D eigenvalue weighted by Gasteiger charge is -2.24. The Bertz CT molecular complexity index is 237. The summed E-state index contributed by atoms with van der Waals surface area (Å²) in [7, 11) is 0. The topological polar surface area (TPSA) is 37.3 Å². The van der Waals surface area contributed by atoms with E-state index in [0.717, 1.165) is 32.1 Å². The molecular formula is C15H28O2. The summed E-state index contributed by atoms with van der Waals surface area (Å²) in [5.74, 6) is 0.0570. The van der Waals surface area contributed by atoms with Crippen molar-refractivity contribution in [3.63, 3.8) is 0 Å². The van der Waals surface area contributed by atoms with Gasteiger partial charge in [-0.25, -0.2) is 0 Å². The van der Waals surface area contributed by atoms with Crippen LogP contribution < -0.4 is 0 Å². The summed E-state index contributed by atoms with van der Waals surface area (Å²) in [5.41, 5.74) is -0.371. The van der Waals surface area contributed by atoms with E-state index in [1.165, 1.54) is 32.1 Å². The molecule has 2 unspecified atom stereocenters. The van der Waals surface area contributed by atoms with Crippen molar-refractivity contribution in [1.29, 1.82) is 0 Å². The quantitative estimate of drug-likeness (QED) is 0.628. The third-order valence-electron chi connectivity index (χ3n) is 4.32. The Morgan fingerprint density at radius 2 is 1.88 bits per heavy atom. The molecule has 1 N–H and O–H groups in total. The molecule has 0 aromatic rings. The smallest absolute Gasteiger partial charge is 0.309 e. The standard InChI is InChI=1S/C15H28O2/c1-3-4-5-6-7-8-10-15(14(16)17)11-9-13(2)12-15/h13H,3-12H2,1-2H3,(H,16,17). The summed E-state index contributed by atoms with van der Waals surface area (Å²) < 4.78 is 0. The molecular weight excluding hydrogens is 212 g/mol. The number of carbonyl (C=O) groups is 1. The molecule has 1 fully saturated rings. The summed E-state index contributed by atoms with van der Waals surface area (Å²) in [5, 5.41) is 9.42. The molecule has 0 aromatic heterocycles. The molecule has 0 radical (unpaired) electrons. The van der Waals surface area contributed by atoms with Gasteiger partial charge in [0, 0.05) is 0 Å². The molecule has 0 amide bonds. The highest BCUT2D eigenvalue weighted by Gasteiger charge is 2.43. The molecule has 100 valence electrons. The molecule has 0 aliphatic heterocycles. The Morgan fingerprint density at radius 1 is 1.24 bits per heavy atom. The minimum atomic E-state index is -0.546. The Balaban J connectivity index is 2.24. The fourth-order valence-electron chi connectivity index (χ4n) is 3.17. The summed E-state index contributed by atoms with van der Waals surface area (Å²) in [4.78, 5) is 11.4. The molecule has 2 nitrogen and oxygen atoms in total. The van der Waals surface area contributed by atoms with Gasteiger partial charge in [-0.05, 0) is 31.6 Å². The highest BCUT2D eigenvalue weighted by molar-refractivity contribution is 5.75. The van der Waals surface area contributed by atoms with Crippen LogP contribution in [0.5, 0.6) is 0 Å². The molecule has 0 saturated heterocycles. The van der Waals surface area contributed by atoms with Crippen molar-refractivity contribution in [2.24, 2.45) is 11.3 Å². The number of aliphatic carboxylic acids is 1. The lowest BCUT2D eigenvalue weighted by Crippen LogP contribution is -2.28. The van der Waals surface area contributed by atoms with Crippen molar-refractivity contribution in [2.75, 3.05) is 0 Å². The van der Waals surface area contributed by atoms with Crippen molar-refractivity contribution in [2.45, 2.75) is 78.1 Å². The largest absolute Gasteiger partial charge is 0.481 e. The first-order valence-corrected chi connectivity index (χ1v) is 7.34. The highest BCUT2D eigenvalue weighted by atomic mass is 16.4. The Hall–Kier alpha value is -0.530. The number of carboxylic acids is 1. The molecule has 1 aliphatic carbocycles. The van der Waals surface area contributed by atoms with Crippen molar-refractivity contribution in [1.82, 2.24) is 0 Å². The lowest BCUT2D eigenvalue weighted by atomic mass is 9.80. The minimum absolute atomic E-state index is 0.371. The van der Waals surface area contributed by atoms with E-state index in [9.17, 15) is 9.90 Å². The van der Waals surface area contributed by atoms with E-state index in [0.29, 0.717) is 5.92 Å². The second-order valence-electron chi connectivity index (χ2n) is 5.95. The molecule has 0 spiro atoms. The van der Waals surface area contributed by atoms with Crippen LogP contribution in [0.2, 0.25) is 0 Å². The van der Waals surface area contributed by atoms with Crippen LogP contribution in [0.1, 0.15) is 78.1 Å². The van der Waals surface area contributed by atoms with Gasteiger partial charge in [-0.15, -0.1) is 0 Å². The number of carboxylic acid groups (broad SMARTS) is 1. The van der Waals surface area contributed by atoms with Crippen LogP contribution in [0, 0.1) is 11.3 Å². The van der Waals surface area contributed by atoms with Gasteiger partial charge >= 0.3 is 5.97 Å². The van der Waals surface area contributed by atoms with Gasteiger partial charge in [0.1, 0.15) is 0 Å². The zero-order valence-corrected chi connectivity index (χ0v) is 11.5. The predicted octanol–water partition coefficient (Wildman–Crippen LogP) is 4.63. The van der Waals surface area contributed by atoms with Crippen LogP contribution >= 0.6 is 0 Å². The molecule has 2 heteroatoms. The average Bonchev–Trinajstić information content (AvgIpc) is 2.67. The van der Waals surface area contributed by atoms with Crippen molar-refractivity contribution in [3.8, 4) is 0 Å². The predicted molar refractivity (Wildman–Crippen MR) is 71.1 cm³/mol. The van der Waals surface area contributed by atoms with Crippen LogP contribution in [-0.4, -0.2) is 11.1 Å². The van der Waals surface area contributed by atoms with Gasteiger partial charge < -0.3 is 5.11 Å². The maximum atomic E-state index is 11.4. The second-order valence-corrected chi connectivity index (χ2v) is 5.95. The number of unbranched alkanes of at least 4 members (excludes halogenated alkanes) is 5. The van der Waals surface area contributed by atoms with E-state index in [2.05, 4.69) is 13.8 Å². The Morgan fingerprint density at radius 3 is 2.41 bits per heavy atom. The molecule has 2 atom stereocenters. The van der Waals surface area contributed by atoms with Gasteiger partial charge in [-0.2, -0.15) is 0 Å². The van der Waals surface area contributed by atoms with E-state index in [1.807, 2.05) is 0 Å². The van der Waals surface area contributed by atoms with E-state index < -0.39 is 5.97 Å². The molecule has 0 aromatic carbocycles.